The molecule has 0 atom stereocenters. The third-order valence-electron chi connectivity index (χ3n) is 3.78. The topological polar surface area (TPSA) is 72.5 Å². The van der Waals surface area contributed by atoms with Crippen LogP contribution in [0.25, 0.3) is 11.0 Å². The molecular weight excluding hydrogens is 306 g/mol. The van der Waals surface area contributed by atoms with Crippen molar-refractivity contribution in [2.45, 2.75) is 45.4 Å². The number of fused-ring (bicyclic) bond motifs is 1. The van der Waals surface area contributed by atoms with Crippen molar-refractivity contribution in [3.05, 3.63) is 40.2 Å². The van der Waals surface area contributed by atoms with E-state index in [1.54, 1.807) is 18.2 Å². The van der Waals surface area contributed by atoms with Crippen molar-refractivity contribution >= 4 is 11.0 Å². The third kappa shape index (κ3) is 5.39. The van der Waals surface area contributed by atoms with Crippen LogP contribution < -0.4 is 10.4 Å². The molecule has 0 spiro atoms. The van der Waals surface area contributed by atoms with Gasteiger partial charge in [0.1, 0.15) is 23.0 Å². The Kier molecular flexibility index (Phi) is 7.31. The second kappa shape index (κ2) is 9.74. The van der Waals surface area contributed by atoms with E-state index in [0.717, 1.165) is 6.42 Å². The Morgan fingerprint density at radius 3 is 2.71 bits per heavy atom. The highest BCUT2D eigenvalue weighted by molar-refractivity contribution is 5.79. The number of hydrogen-bond donors (Lipinski definition) is 0. The Hall–Kier alpha value is -2.32. The van der Waals surface area contributed by atoms with E-state index in [-0.39, 0.29) is 12.4 Å². The van der Waals surface area contributed by atoms with Crippen LogP contribution in [0.5, 0.6) is 5.75 Å². The molecule has 128 valence electrons. The van der Waals surface area contributed by atoms with Gasteiger partial charge in [0.05, 0.1) is 6.61 Å². The normalized spacial score (nSPS) is 10.7. The molecule has 0 saturated carbocycles. The quantitative estimate of drug-likeness (QED) is 0.367. The van der Waals surface area contributed by atoms with Crippen molar-refractivity contribution in [2.75, 3.05) is 13.4 Å². The lowest BCUT2D eigenvalue weighted by Crippen LogP contribution is -2.05. The zero-order chi connectivity index (χ0) is 17.2. The lowest BCUT2D eigenvalue weighted by molar-refractivity contribution is 0.0135. The lowest BCUT2D eigenvalue weighted by Gasteiger charge is -2.08. The van der Waals surface area contributed by atoms with Crippen molar-refractivity contribution < 1.29 is 13.9 Å². The number of nitrogens with zero attached hydrogens (tertiary/aromatic N) is 1. The molecule has 1 aromatic heterocycles. The van der Waals surface area contributed by atoms with Gasteiger partial charge in [-0.3, -0.25) is 0 Å². The minimum absolute atomic E-state index is 0.00145. The van der Waals surface area contributed by atoms with Crippen molar-refractivity contribution in [3.8, 4) is 11.8 Å². The van der Waals surface area contributed by atoms with Gasteiger partial charge in [-0.2, -0.15) is 5.26 Å². The number of hydrogen-bond acceptors (Lipinski definition) is 5. The van der Waals surface area contributed by atoms with Crippen LogP contribution in [-0.2, 0) is 4.74 Å². The first kappa shape index (κ1) is 18.0. The fourth-order valence-corrected chi connectivity index (χ4v) is 2.41. The van der Waals surface area contributed by atoms with Gasteiger partial charge in [0.25, 0.3) is 0 Å². The standard InChI is InChI=1S/C19H23NO4/c1-2-3-4-5-6-7-10-22-14-23-17-9-8-15-11-16(13-20)19(21)24-18(15)12-17/h8-9,11-12H,2-7,10,14H2,1H3. The van der Waals surface area contributed by atoms with Crippen molar-refractivity contribution in [3.63, 3.8) is 0 Å². The predicted molar refractivity (Wildman–Crippen MR) is 92.0 cm³/mol. The first-order chi connectivity index (χ1) is 11.7. The Labute approximate surface area is 141 Å². The molecule has 2 rings (SSSR count). The van der Waals surface area contributed by atoms with Gasteiger partial charge in [0.2, 0.25) is 0 Å². The maximum Gasteiger partial charge on any atom is 0.354 e. The Morgan fingerprint density at radius 2 is 1.92 bits per heavy atom. The second-order valence-electron chi connectivity index (χ2n) is 5.70. The number of rotatable bonds is 10. The summed E-state index contributed by atoms with van der Waals surface area (Å²) in [6, 6.07) is 8.47. The molecular formula is C19H23NO4. The molecule has 0 aliphatic carbocycles. The number of ether oxygens (including phenoxy) is 2. The summed E-state index contributed by atoms with van der Waals surface area (Å²) < 4.78 is 16.1. The molecule has 0 unspecified atom stereocenters. The first-order valence-corrected chi connectivity index (χ1v) is 8.43. The van der Waals surface area contributed by atoms with E-state index in [4.69, 9.17) is 19.2 Å². The van der Waals surface area contributed by atoms with Gasteiger partial charge in [-0.1, -0.05) is 39.0 Å². The van der Waals surface area contributed by atoms with Gasteiger partial charge in [-0.25, -0.2) is 4.79 Å². The van der Waals surface area contributed by atoms with Gasteiger partial charge < -0.3 is 13.9 Å². The van der Waals surface area contributed by atoms with Crippen LogP contribution >= 0.6 is 0 Å². The molecule has 0 saturated heterocycles. The van der Waals surface area contributed by atoms with Crippen LogP contribution in [0, 0.1) is 11.3 Å². The molecule has 0 radical (unpaired) electrons. The summed E-state index contributed by atoms with van der Waals surface area (Å²) in [6.07, 6.45) is 7.33. The number of benzene rings is 1. The molecule has 0 bridgehead atoms. The molecule has 24 heavy (non-hydrogen) atoms. The molecule has 2 aromatic rings. The minimum Gasteiger partial charge on any atom is -0.467 e. The van der Waals surface area contributed by atoms with E-state index >= 15 is 0 Å². The average molecular weight is 329 g/mol. The van der Waals surface area contributed by atoms with E-state index in [2.05, 4.69) is 6.92 Å². The highest BCUT2D eigenvalue weighted by atomic mass is 16.7. The monoisotopic (exact) mass is 329 g/mol. The van der Waals surface area contributed by atoms with Crippen LogP contribution in [0.4, 0.5) is 0 Å². The van der Waals surface area contributed by atoms with Crippen molar-refractivity contribution in [2.24, 2.45) is 0 Å². The Morgan fingerprint density at radius 1 is 1.12 bits per heavy atom. The highest BCUT2D eigenvalue weighted by Crippen LogP contribution is 2.20. The number of nitriles is 1. The smallest absolute Gasteiger partial charge is 0.354 e. The third-order valence-corrected chi connectivity index (χ3v) is 3.78. The van der Waals surface area contributed by atoms with Gasteiger partial charge >= 0.3 is 5.63 Å². The fraction of sp³-hybridized carbons (Fsp3) is 0.474. The van der Waals surface area contributed by atoms with Crippen LogP contribution in [-0.4, -0.2) is 13.4 Å². The molecule has 1 aromatic carbocycles. The van der Waals surface area contributed by atoms with E-state index in [0.29, 0.717) is 23.3 Å². The summed E-state index contributed by atoms with van der Waals surface area (Å²) in [5.41, 5.74) is -0.243. The zero-order valence-corrected chi connectivity index (χ0v) is 14.0. The maximum absolute atomic E-state index is 11.5. The summed E-state index contributed by atoms with van der Waals surface area (Å²) in [6.45, 7) is 3.06. The molecule has 0 N–H and O–H groups in total. The minimum atomic E-state index is -0.638. The summed E-state index contributed by atoms with van der Waals surface area (Å²) in [4.78, 5) is 11.5. The zero-order valence-electron chi connectivity index (χ0n) is 14.0. The van der Waals surface area contributed by atoms with Crippen LogP contribution in [0.3, 0.4) is 0 Å². The lowest BCUT2D eigenvalue weighted by atomic mass is 10.1. The predicted octanol–water partition coefficient (Wildman–Crippen LogP) is 4.38. The summed E-state index contributed by atoms with van der Waals surface area (Å²) in [5.74, 6) is 0.568. The SMILES string of the molecule is CCCCCCCCOCOc1ccc2cc(C#N)c(=O)oc2c1. The van der Waals surface area contributed by atoms with Gasteiger partial charge in [-0.05, 0) is 24.6 Å². The van der Waals surface area contributed by atoms with Crippen LogP contribution in [0.1, 0.15) is 51.0 Å². The molecule has 0 amide bonds. The maximum atomic E-state index is 11.5. The van der Waals surface area contributed by atoms with Crippen LogP contribution in [0.15, 0.2) is 33.5 Å². The fourth-order valence-electron chi connectivity index (χ4n) is 2.41. The van der Waals surface area contributed by atoms with Crippen LogP contribution in [0.2, 0.25) is 0 Å². The summed E-state index contributed by atoms with van der Waals surface area (Å²) in [7, 11) is 0. The Bertz CT molecular complexity index is 745. The highest BCUT2D eigenvalue weighted by Gasteiger charge is 2.05. The van der Waals surface area contributed by atoms with Gasteiger partial charge in [-0.15, -0.1) is 0 Å². The van der Waals surface area contributed by atoms with E-state index in [9.17, 15) is 4.79 Å². The summed E-state index contributed by atoms with van der Waals surface area (Å²) in [5, 5.41) is 9.52. The van der Waals surface area contributed by atoms with Gasteiger partial charge in [0.15, 0.2) is 6.79 Å². The molecule has 5 heteroatoms. The second-order valence-corrected chi connectivity index (χ2v) is 5.70. The van der Waals surface area contributed by atoms with Crippen molar-refractivity contribution in [1.29, 1.82) is 5.26 Å². The summed E-state index contributed by atoms with van der Waals surface area (Å²) >= 11 is 0. The molecule has 1 heterocycles. The van der Waals surface area contributed by atoms with Gasteiger partial charge in [0, 0.05) is 11.5 Å². The molecule has 5 nitrogen and oxygen atoms in total. The van der Waals surface area contributed by atoms with Crippen molar-refractivity contribution in [1.82, 2.24) is 0 Å². The molecule has 0 aliphatic heterocycles. The molecule has 0 aliphatic rings. The van der Waals surface area contributed by atoms with E-state index in [1.165, 1.54) is 38.2 Å². The Balaban J connectivity index is 1.75. The average Bonchev–Trinajstić information content (AvgIpc) is 2.59. The first-order valence-electron chi connectivity index (χ1n) is 8.43. The number of unbranched alkanes of at least 4 members (excludes halogenated alkanes) is 5. The molecule has 0 fully saturated rings. The largest absolute Gasteiger partial charge is 0.467 e. The van der Waals surface area contributed by atoms with E-state index < -0.39 is 5.63 Å². The van der Waals surface area contributed by atoms with E-state index in [1.807, 2.05) is 6.07 Å².